The largest absolute Gasteiger partial charge is 0.362 e. The van der Waals surface area contributed by atoms with E-state index >= 15 is 0 Å². The second-order valence-corrected chi connectivity index (χ2v) is 5.90. The second kappa shape index (κ2) is 6.70. The first-order chi connectivity index (χ1) is 9.63. The van der Waals surface area contributed by atoms with Crippen LogP contribution in [0.25, 0.3) is 11.3 Å². The van der Waals surface area contributed by atoms with Crippen LogP contribution in [0.15, 0.2) is 28.5 Å². The zero-order chi connectivity index (χ0) is 14.5. The molecule has 0 fully saturated rings. The minimum atomic E-state index is 0.0212. The van der Waals surface area contributed by atoms with E-state index in [2.05, 4.69) is 17.2 Å². The second-order valence-electron chi connectivity index (χ2n) is 5.05. The number of thiazole rings is 1. The maximum absolute atomic E-state index is 12.4. The lowest BCUT2D eigenvalue weighted by Gasteiger charge is -2.10. The molecule has 0 aliphatic rings. The fourth-order valence-corrected chi connectivity index (χ4v) is 2.70. The summed E-state index contributed by atoms with van der Waals surface area (Å²) < 4.78 is 1.73. The van der Waals surface area contributed by atoms with Crippen LogP contribution < -0.4 is 10.9 Å². The molecule has 0 aromatic carbocycles. The minimum Gasteiger partial charge on any atom is -0.362 e. The van der Waals surface area contributed by atoms with Gasteiger partial charge in [-0.2, -0.15) is 0 Å². The Hall–Kier alpha value is -1.62. The summed E-state index contributed by atoms with van der Waals surface area (Å²) in [5, 5.41) is 6.11. The van der Waals surface area contributed by atoms with Crippen molar-refractivity contribution >= 4 is 16.5 Å². The molecular formula is C15H21N3OS. The molecule has 2 rings (SSSR count). The highest BCUT2D eigenvalue weighted by molar-refractivity contribution is 7.14. The Bertz CT molecular complexity index is 616. The topological polar surface area (TPSA) is 46.9 Å². The van der Waals surface area contributed by atoms with E-state index < -0.39 is 0 Å². The molecule has 0 saturated heterocycles. The molecular weight excluding hydrogens is 270 g/mol. The lowest BCUT2D eigenvalue weighted by Crippen LogP contribution is -2.22. The molecule has 0 aliphatic carbocycles. The first-order valence-corrected chi connectivity index (χ1v) is 7.92. The van der Waals surface area contributed by atoms with Gasteiger partial charge in [0.15, 0.2) is 5.13 Å². The Morgan fingerprint density at radius 2 is 2.25 bits per heavy atom. The van der Waals surface area contributed by atoms with Crippen LogP contribution in [0.1, 0.15) is 39.7 Å². The molecule has 2 heterocycles. The predicted molar refractivity (Wildman–Crippen MR) is 85.6 cm³/mol. The van der Waals surface area contributed by atoms with Gasteiger partial charge in [0.25, 0.3) is 5.56 Å². The number of anilines is 1. The molecule has 0 radical (unpaired) electrons. The third-order valence-electron chi connectivity index (χ3n) is 3.12. The van der Waals surface area contributed by atoms with Gasteiger partial charge in [-0.15, -0.1) is 11.3 Å². The molecule has 0 bridgehead atoms. The molecule has 2 aromatic heterocycles. The minimum absolute atomic E-state index is 0.0212. The molecule has 0 saturated carbocycles. The summed E-state index contributed by atoms with van der Waals surface area (Å²) in [4.78, 5) is 16.9. The first-order valence-electron chi connectivity index (χ1n) is 7.04. The van der Waals surface area contributed by atoms with Crippen LogP contribution in [-0.2, 0) is 0 Å². The van der Waals surface area contributed by atoms with E-state index in [0.29, 0.717) is 5.56 Å². The SMILES string of the molecule is CCCCNc1nc(-c2cccn(C(C)C)c2=O)cs1. The molecule has 2 aromatic rings. The quantitative estimate of drug-likeness (QED) is 0.824. The van der Waals surface area contributed by atoms with E-state index in [1.54, 1.807) is 15.9 Å². The van der Waals surface area contributed by atoms with Crippen LogP contribution in [0.4, 0.5) is 5.13 Å². The van der Waals surface area contributed by atoms with Crippen LogP contribution in [0, 0.1) is 0 Å². The molecule has 0 unspecified atom stereocenters. The van der Waals surface area contributed by atoms with E-state index in [4.69, 9.17) is 0 Å². The van der Waals surface area contributed by atoms with Crippen molar-refractivity contribution < 1.29 is 0 Å². The summed E-state index contributed by atoms with van der Waals surface area (Å²) >= 11 is 1.55. The van der Waals surface area contributed by atoms with E-state index in [9.17, 15) is 4.79 Å². The summed E-state index contributed by atoms with van der Waals surface area (Å²) in [6, 6.07) is 3.90. The third-order valence-corrected chi connectivity index (χ3v) is 3.92. The highest BCUT2D eigenvalue weighted by Gasteiger charge is 2.11. The average Bonchev–Trinajstić information content (AvgIpc) is 2.87. The maximum atomic E-state index is 12.4. The highest BCUT2D eigenvalue weighted by Crippen LogP contribution is 2.22. The van der Waals surface area contributed by atoms with Crippen molar-refractivity contribution in [3.63, 3.8) is 0 Å². The highest BCUT2D eigenvalue weighted by atomic mass is 32.1. The fourth-order valence-electron chi connectivity index (χ4n) is 1.96. The van der Waals surface area contributed by atoms with Gasteiger partial charge in [-0.3, -0.25) is 4.79 Å². The van der Waals surface area contributed by atoms with Crippen molar-refractivity contribution in [3.8, 4) is 11.3 Å². The van der Waals surface area contributed by atoms with Crippen molar-refractivity contribution in [2.24, 2.45) is 0 Å². The van der Waals surface area contributed by atoms with Gasteiger partial charge in [0.05, 0.1) is 11.3 Å². The monoisotopic (exact) mass is 291 g/mol. The first kappa shape index (κ1) is 14.8. The van der Waals surface area contributed by atoms with Crippen molar-refractivity contribution in [1.29, 1.82) is 0 Å². The lowest BCUT2D eigenvalue weighted by atomic mass is 10.2. The summed E-state index contributed by atoms with van der Waals surface area (Å²) in [6.07, 6.45) is 4.10. The normalized spacial score (nSPS) is 11.0. The third kappa shape index (κ3) is 3.28. The number of hydrogen-bond donors (Lipinski definition) is 1. The molecule has 1 N–H and O–H groups in total. The number of nitrogens with one attached hydrogen (secondary N) is 1. The molecule has 5 heteroatoms. The molecule has 0 spiro atoms. The summed E-state index contributed by atoms with van der Waals surface area (Å²) in [5.74, 6) is 0. The number of hydrogen-bond acceptors (Lipinski definition) is 4. The van der Waals surface area contributed by atoms with E-state index in [0.717, 1.165) is 30.2 Å². The smallest absolute Gasteiger partial charge is 0.260 e. The van der Waals surface area contributed by atoms with E-state index in [-0.39, 0.29) is 11.6 Å². The van der Waals surface area contributed by atoms with Crippen molar-refractivity contribution in [1.82, 2.24) is 9.55 Å². The zero-order valence-corrected chi connectivity index (χ0v) is 13.0. The number of rotatable bonds is 6. The van der Waals surface area contributed by atoms with Gasteiger partial charge in [0.2, 0.25) is 0 Å². The Kier molecular flexibility index (Phi) is 4.95. The van der Waals surface area contributed by atoms with E-state index in [1.165, 1.54) is 0 Å². The molecule has 0 atom stereocenters. The summed E-state index contributed by atoms with van der Waals surface area (Å²) in [7, 11) is 0. The van der Waals surface area contributed by atoms with Gasteiger partial charge >= 0.3 is 0 Å². The fraction of sp³-hybridized carbons (Fsp3) is 0.467. The van der Waals surface area contributed by atoms with Gasteiger partial charge in [0, 0.05) is 24.2 Å². The number of aromatic nitrogens is 2. The van der Waals surface area contributed by atoms with Gasteiger partial charge in [-0.25, -0.2) is 4.98 Å². The maximum Gasteiger partial charge on any atom is 0.260 e. The van der Waals surface area contributed by atoms with E-state index in [1.807, 2.05) is 37.6 Å². The zero-order valence-electron chi connectivity index (χ0n) is 12.2. The Balaban J connectivity index is 2.24. The molecule has 0 aliphatic heterocycles. The van der Waals surface area contributed by atoms with Gasteiger partial charge < -0.3 is 9.88 Å². The number of nitrogens with zero attached hydrogens (tertiary/aromatic N) is 2. The lowest BCUT2D eigenvalue weighted by molar-refractivity contribution is 0.579. The van der Waals surface area contributed by atoms with Gasteiger partial charge in [-0.05, 0) is 32.4 Å². The molecule has 4 nitrogen and oxygen atoms in total. The summed E-state index contributed by atoms with van der Waals surface area (Å²) in [6.45, 7) is 7.09. The Morgan fingerprint density at radius 3 is 2.95 bits per heavy atom. The van der Waals surface area contributed by atoms with Gasteiger partial charge in [-0.1, -0.05) is 13.3 Å². The summed E-state index contributed by atoms with van der Waals surface area (Å²) in [5.41, 5.74) is 1.45. The van der Waals surface area contributed by atoms with Crippen LogP contribution in [-0.4, -0.2) is 16.1 Å². The van der Waals surface area contributed by atoms with Crippen LogP contribution in [0.2, 0.25) is 0 Å². The van der Waals surface area contributed by atoms with Crippen LogP contribution >= 0.6 is 11.3 Å². The number of unbranched alkanes of at least 4 members (excludes halogenated alkanes) is 1. The van der Waals surface area contributed by atoms with Crippen molar-refractivity contribution in [2.45, 2.75) is 39.7 Å². The molecule has 108 valence electrons. The van der Waals surface area contributed by atoms with Crippen LogP contribution in [0.5, 0.6) is 0 Å². The number of pyridine rings is 1. The van der Waals surface area contributed by atoms with Crippen molar-refractivity contribution in [3.05, 3.63) is 34.1 Å². The van der Waals surface area contributed by atoms with Crippen LogP contribution in [0.3, 0.4) is 0 Å². The Morgan fingerprint density at radius 1 is 1.45 bits per heavy atom. The molecule has 0 amide bonds. The standard InChI is InChI=1S/C15H21N3OS/c1-4-5-8-16-15-17-13(10-20-15)12-7-6-9-18(11(2)3)14(12)19/h6-7,9-11H,4-5,8H2,1-3H3,(H,16,17). The predicted octanol–water partition coefficient (Wildman–Crippen LogP) is 3.76. The van der Waals surface area contributed by atoms with Gasteiger partial charge in [0.1, 0.15) is 0 Å². The Labute approximate surface area is 123 Å². The van der Waals surface area contributed by atoms with Crippen molar-refractivity contribution in [2.75, 3.05) is 11.9 Å². The average molecular weight is 291 g/mol. The molecule has 20 heavy (non-hydrogen) atoms.